The Morgan fingerprint density at radius 1 is 1.13 bits per heavy atom. The predicted molar refractivity (Wildman–Crippen MR) is 115 cm³/mol. The lowest BCUT2D eigenvalue weighted by Crippen LogP contribution is -2.35. The van der Waals surface area contributed by atoms with Crippen molar-refractivity contribution in [1.29, 1.82) is 0 Å². The molecule has 0 aliphatic carbocycles. The summed E-state index contributed by atoms with van der Waals surface area (Å²) in [5.74, 6) is 5.73. The number of nitrogens with one attached hydrogen (secondary N) is 2. The van der Waals surface area contributed by atoms with Gasteiger partial charge in [-0.1, -0.05) is 17.8 Å². The summed E-state index contributed by atoms with van der Waals surface area (Å²) in [6.45, 7) is 3.92. The minimum Gasteiger partial charge on any atom is -0.486 e. The van der Waals surface area contributed by atoms with Crippen molar-refractivity contribution in [2.45, 2.75) is 25.6 Å². The molecule has 3 amide bonds. The van der Waals surface area contributed by atoms with E-state index in [4.69, 9.17) is 10.6 Å². The van der Waals surface area contributed by atoms with Crippen LogP contribution in [0.15, 0.2) is 47.6 Å². The molecule has 3 aromatic rings. The van der Waals surface area contributed by atoms with Crippen molar-refractivity contribution in [3.05, 3.63) is 65.2 Å². The first kappa shape index (κ1) is 22.1. The smallest absolute Gasteiger partial charge is 0.325 e. The zero-order valence-corrected chi connectivity index (χ0v) is 17.7. The molecule has 0 spiro atoms. The monoisotopic (exact) mass is 444 g/mol. The van der Waals surface area contributed by atoms with Gasteiger partial charge in [0.2, 0.25) is 11.1 Å². The number of halogens is 1. The number of hydrogen-bond donors (Lipinski definition) is 3. The van der Waals surface area contributed by atoms with Crippen molar-refractivity contribution in [3.8, 4) is 5.75 Å². The van der Waals surface area contributed by atoms with E-state index in [1.165, 1.54) is 28.9 Å². The number of imide groups is 1. The number of aromatic nitrogens is 3. The third kappa shape index (κ3) is 6.19. The fourth-order valence-corrected chi connectivity index (χ4v) is 3.13. The van der Waals surface area contributed by atoms with Gasteiger partial charge in [-0.25, -0.2) is 13.9 Å². The van der Waals surface area contributed by atoms with E-state index in [9.17, 15) is 14.0 Å². The Hall–Kier alpha value is -3.60. The van der Waals surface area contributed by atoms with Gasteiger partial charge in [-0.15, -0.1) is 10.2 Å². The summed E-state index contributed by atoms with van der Waals surface area (Å²) >= 11 is 1.02. The maximum Gasteiger partial charge on any atom is 0.325 e. The highest BCUT2D eigenvalue weighted by atomic mass is 32.2. The molecule has 0 aliphatic rings. The molecule has 1 aromatic heterocycles. The van der Waals surface area contributed by atoms with Crippen molar-refractivity contribution in [2.75, 3.05) is 16.9 Å². The van der Waals surface area contributed by atoms with E-state index in [2.05, 4.69) is 20.8 Å². The van der Waals surface area contributed by atoms with Crippen LogP contribution in [-0.2, 0) is 11.4 Å². The Morgan fingerprint density at radius 3 is 2.58 bits per heavy atom. The number of nitrogen functional groups attached to an aromatic ring is 1. The average Bonchev–Trinajstić information content (AvgIpc) is 3.08. The van der Waals surface area contributed by atoms with Gasteiger partial charge in [0.1, 0.15) is 18.2 Å². The average molecular weight is 444 g/mol. The summed E-state index contributed by atoms with van der Waals surface area (Å²) in [6, 6.07) is 10.3. The number of urea groups is 1. The van der Waals surface area contributed by atoms with Crippen LogP contribution in [0.1, 0.15) is 17.0 Å². The van der Waals surface area contributed by atoms with Gasteiger partial charge < -0.3 is 15.9 Å². The molecule has 0 aliphatic heterocycles. The number of hydrogen-bond acceptors (Lipinski definition) is 7. The summed E-state index contributed by atoms with van der Waals surface area (Å²) in [6.07, 6.45) is 0. The fraction of sp³-hybridized carbons (Fsp3) is 0.200. The Morgan fingerprint density at radius 2 is 1.87 bits per heavy atom. The lowest BCUT2D eigenvalue weighted by molar-refractivity contribution is -0.117. The molecule has 0 atom stereocenters. The zero-order chi connectivity index (χ0) is 22.4. The number of carbonyl (C=O) groups excluding carboxylic acids is 2. The SMILES string of the molecule is Cc1ccc(NC(=O)NC(=O)CSc2nnc(COc3ccc(F)cc3)n2N)cc1C. The standard InChI is InChI=1S/C20H21FN6O3S/c1-12-3-6-15(9-13(12)2)23-19(29)24-18(28)11-31-20-26-25-17(27(20)22)10-30-16-7-4-14(21)5-8-16/h3-9H,10-11,22H2,1-2H3,(H2,23,24,28,29). The van der Waals surface area contributed by atoms with E-state index in [0.717, 1.165) is 22.9 Å². The molecule has 2 aromatic carbocycles. The minimum absolute atomic E-state index is 0.0141. The van der Waals surface area contributed by atoms with Crippen LogP contribution in [0.4, 0.5) is 14.9 Å². The summed E-state index contributed by atoms with van der Waals surface area (Å²) in [4.78, 5) is 24.0. The van der Waals surface area contributed by atoms with Gasteiger partial charge in [0.15, 0.2) is 5.82 Å². The fourth-order valence-electron chi connectivity index (χ4n) is 2.46. The van der Waals surface area contributed by atoms with Gasteiger partial charge >= 0.3 is 6.03 Å². The van der Waals surface area contributed by atoms with Gasteiger partial charge in [-0.3, -0.25) is 10.1 Å². The number of thioether (sulfide) groups is 1. The van der Waals surface area contributed by atoms with E-state index >= 15 is 0 Å². The van der Waals surface area contributed by atoms with Crippen LogP contribution in [0.25, 0.3) is 0 Å². The van der Waals surface area contributed by atoms with Gasteiger partial charge in [0, 0.05) is 5.69 Å². The maximum absolute atomic E-state index is 12.9. The highest BCUT2D eigenvalue weighted by molar-refractivity contribution is 7.99. The van der Waals surface area contributed by atoms with E-state index in [1.54, 1.807) is 6.07 Å². The van der Waals surface area contributed by atoms with E-state index in [1.807, 2.05) is 26.0 Å². The highest BCUT2D eigenvalue weighted by Gasteiger charge is 2.14. The molecule has 9 nitrogen and oxygen atoms in total. The van der Waals surface area contributed by atoms with Crippen LogP contribution < -0.4 is 21.2 Å². The van der Waals surface area contributed by atoms with Crippen LogP contribution in [0, 0.1) is 19.7 Å². The normalized spacial score (nSPS) is 10.5. The number of carbonyl (C=O) groups is 2. The number of aryl methyl sites for hydroxylation is 2. The zero-order valence-electron chi connectivity index (χ0n) is 16.9. The summed E-state index contributed by atoms with van der Waals surface area (Å²) in [7, 11) is 0. The molecular weight excluding hydrogens is 423 g/mol. The topological polar surface area (TPSA) is 124 Å². The number of nitrogens with zero attached hydrogens (tertiary/aromatic N) is 3. The largest absolute Gasteiger partial charge is 0.486 e. The second-order valence-electron chi connectivity index (χ2n) is 6.60. The quantitative estimate of drug-likeness (QED) is 0.378. The molecule has 3 rings (SSSR count). The maximum atomic E-state index is 12.9. The predicted octanol–water partition coefficient (Wildman–Crippen LogP) is 2.77. The first-order valence-corrected chi connectivity index (χ1v) is 10.2. The number of amides is 3. The molecule has 0 saturated carbocycles. The Labute approximate surface area is 182 Å². The lowest BCUT2D eigenvalue weighted by Gasteiger charge is -2.08. The first-order valence-electron chi connectivity index (χ1n) is 9.20. The van der Waals surface area contributed by atoms with Crippen LogP contribution in [0.2, 0.25) is 0 Å². The molecule has 11 heteroatoms. The minimum atomic E-state index is -0.628. The van der Waals surface area contributed by atoms with Crippen molar-refractivity contribution in [1.82, 2.24) is 20.2 Å². The van der Waals surface area contributed by atoms with Gasteiger partial charge in [-0.2, -0.15) is 0 Å². The Bertz CT molecular complexity index is 1090. The third-order valence-corrected chi connectivity index (χ3v) is 5.21. The number of nitrogens with two attached hydrogens (primary N) is 1. The molecule has 4 N–H and O–H groups in total. The second kappa shape index (κ2) is 9.94. The first-order chi connectivity index (χ1) is 14.8. The lowest BCUT2D eigenvalue weighted by atomic mass is 10.1. The number of ether oxygens (including phenoxy) is 1. The molecule has 31 heavy (non-hydrogen) atoms. The van der Waals surface area contributed by atoms with Crippen LogP contribution in [0.5, 0.6) is 5.75 Å². The van der Waals surface area contributed by atoms with Crippen LogP contribution >= 0.6 is 11.8 Å². The Kier molecular flexibility index (Phi) is 7.08. The van der Waals surface area contributed by atoms with Crippen LogP contribution in [-0.4, -0.2) is 32.6 Å². The van der Waals surface area contributed by atoms with E-state index < -0.39 is 11.9 Å². The highest BCUT2D eigenvalue weighted by Crippen LogP contribution is 2.17. The molecule has 1 heterocycles. The Balaban J connectivity index is 1.46. The summed E-state index contributed by atoms with van der Waals surface area (Å²) in [5, 5.41) is 13.0. The van der Waals surface area contributed by atoms with Crippen LogP contribution in [0.3, 0.4) is 0 Å². The molecule has 0 fully saturated rings. The van der Waals surface area contributed by atoms with Gasteiger partial charge in [-0.05, 0) is 61.4 Å². The molecular formula is C20H21FN6O3S. The van der Waals surface area contributed by atoms with Crippen molar-refractivity contribution in [3.63, 3.8) is 0 Å². The van der Waals surface area contributed by atoms with Gasteiger partial charge in [0.05, 0.1) is 5.75 Å². The van der Waals surface area contributed by atoms with E-state index in [0.29, 0.717) is 17.3 Å². The van der Waals surface area contributed by atoms with E-state index in [-0.39, 0.29) is 23.3 Å². The summed E-state index contributed by atoms with van der Waals surface area (Å²) < 4.78 is 19.6. The van der Waals surface area contributed by atoms with Crippen molar-refractivity contribution >= 4 is 29.4 Å². The molecule has 0 saturated heterocycles. The number of rotatable bonds is 7. The third-order valence-electron chi connectivity index (χ3n) is 4.27. The van der Waals surface area contributed by atoms with Gasteiger partial charge in [0.25, 0.3) is 0 Å². The molecule has 0 bridgehead atoms. The molecule has 0 unspecified atom stereocenters. The number of benzene rings is 2. The van der Waals surface area contributed by atoms with Crippen molar-refractivity contribution in [2.24, 2.45) is 0 Å². The van der Waals surface area contributed by atoms with Crippen molar-refractivity contribution < 1.29 is 18.7 Å². The molecule has 162 valence electrons. The number of anilines is 1. The second-order valence-corrected chi connectivity index (χ2v) is 7.54. The molecule has 0 radical (unpaired) electrons. The summed E-state index contributed by atoms with van der Waals surface area (Å²) in [5.41, 5.74) is 2.72.